The summed E-state index contributed by atoms with van der Waals surface area (Å²) >= 11 is 3.55. The summed E-state index contributed by atoms with van der Waals surface area (Å²) in [5, 5.41) is 4.46. The Balaban J connectivity index is 1.80. The zero-order chi connectivity index (χ0) is 15.6. The maximum absolute atomic E-state index is 4.54. The summed E-state index contributed by atoms with van der Waals surface area (Å²) in [4.78, 5) is 11.3. The molecule has 1 N–H and O–H groups in total. The maximum Gasteiger partial charge on any atom is 0.116 e. The molecule has 1 fully saturated rings. The average molecular weight is 369 g/mol. The Morgan fingerprint density at radius 2 is 1.87 bits per heavy atom. The number of fused-ring (bicyclic) bond motifs is 1. The molecular weight excluding hydrogens is 352 g/mol. The Bertz CT molecular complexity index is 843. The molecule has 1 aliphatic rings. The minimum atomic E-state index is 0.964. The lowest BCUT2D eigenvalue weighted by Gasteiger charge is -2.29. The molecule has 0 spiro atoms. The highest BCUT2D eigenvalue weighted by atomic mass is 79.9. The van der Waals surface area contributed by atoms with E-state index in [0.717, 1.165) is 52.8 Å². The third-order valence-electron chi connectivity index (χ3n) is 4.20. The SMILES string of the molecule is Brc1ccc2ncnc(-c3cccc(N4CCNCC4)c3)c2c1. The molecule has 2 heterocycles. The summed E-state index contributed by atoms with van der Waals surface area (Å²) < 4.78 is 1.04. The van der Waals surface area contributed by atoms with E-state index in [1.54, 1.807) is 6.33 Å². The van der Waals surface area contributed by atoms with Crippen molar-refractivity contribution in [3.63, 3.8) is 0 Å². The molecule has 0 atom stereocenters. The van der Waals surface area contributed by atoms with E-state index in [1.165, 1.54) is 5.69 Å². The highest BCUT2D eigenvalue weighted by Crippen LogP contribution is 2.30. The molecule has 2 aromatic carbocycles. The molecule has 1 aromatic heterocycles. The molecule has 0 unspecified atom stereocenters. The quantitative estimate of drug-likeness (QED) is 0.751. The van der Waals surface area contributed by atoms with Crippen LogP contribution in [0.15, 0.2) is 53.3 Å². The first-order valence-electron chi connectivity index (χ1n) is 7.78. The van der Waals surface area contributed by atoms with E-state index in [9.17, 15) is 0 Å². The van der Waals surface area contributed by atoms with Gasteiger partial charge in [0, 0.05) is 47.3 Å². The van der Waals surface area contributed by atoms with Gasteiger partial charge in [0.05, 0.1) is 11.2 Å². The zero-order valence-corrected chi connectivity index (χ0v) is 14.3. The monoisotopic (exact) mass is 368 g/mol. The van der Waals surface area contributed by atoms with E-state index in [1.807, 2.05) is 12.1 Å². The first kappa shape index (κ1) is 14.6. The smallest absolute Gasteiger partial charge is 0.116 e. The van der Waals surface area contributed by atoms with E-state index in [4.69, 9.17) is 0 Å². The van der Waals surface area contributed by atoms with Gasteiger partial charge in [-0.25, -0.2) is 9.97 Å². The number of aromatic nitrogens is 2. The molecule has 4 rings (SSSR count). The number of halogens is 1. The van der Waals surface area contributed by atoms with Gasteiger partial charge >= 0.3 is 0 Å². The predicted molar refractivity (Wildman–Crippen MR) is 97.8 cm³/mol. The molecule has 0 radical (unpaired) electrons. The third kappa shape index (κ3) is 2.94. The van der Waals surface area contributed by atoms with Crippen LogP contribution in [0.25, 0.3) is 22.2 Å². The van der Waals surface area contributed by atoms with Crippen molar-refractivity contribution in [3.8, 4) is 11.3 Å². The fourth-order valence-electron chi connectivity index (χ4n) is 3.03. The number of piperazine rings is 1. The standard InChI is InChI=1S/C18H17BrN4/c19-14-4-5-17-16(11-14)18(22-12-21-17)13-2-1-3-15(10-13)23-8-6-20-7-9-23/h1-5,10-12,20H,6-9H2. The van der Waals surface area contributed by atoms with Crippen LogP contribution in [0.2, 0.25) is 0 Å². The van der Waals surface area contributed by atoms with Gasteiger partial charge in [-0.05, 0) is 30.3 Å². The largest absolute Gasteiger partial charge is 0.369 e. The number of nitrogens with one attached hydrogen (secondary N) is 1. The van der Waals surface area contributed by atoms with Crippen LogP contribution in [0.4, 0.5) is 5.69 Å². The van der Waals surface area contributed by atoms with E-state index >= 15 is 0 Å². The Morgan fingerprint density at radius 3 is 2.74 bits per heavy atom. The van der Waals surface area contributed by atoms with Gasteiger partial charge in [-0.2, -0.15) is 0 Å². The van der Waals surface area contributed by atoms with Gasteiger partial charge < -0.3 is 10.2 Å². The van der Waals surface area contributed by atoms with Crippen LogP contribution in [-0.4, -0.2) is 36.1 Å². The van der Waals surface area contributed by atoms with Gasteiger partial charge in [-0.15, -0.1) is 0 Å². The minimum Gasteiger partial charge on any atom is -0.369 e. The van der Waals surface area contributed by atoms with Crippen molar-refractivity contribution >= 4 is 32.5 Å². The Kier molecular flexibility index (Phi) is 3.97. The van der Waals surface area contributed by atoms with Gasteiger partial charge in [-0.1, -0.05) is 28.1 Å². The second-order valence-electron chi connectivity index (χ2n) is 5.67. The predicted octanol–water partition coefficient (Wildman–Crippen LogP) is 3.47. The molecule has 0 bridgehead atoms. The first-order chi connectivity index (χ1) is 11.3. The molecular formula is C18H17BrN4. The summed E-state index contributed by atoms with van der Waals surface area (Å²) in [5.41, 5.74) is 4.33. The van der Waals surface area contributed by atoms with E-state index in [0.29, 0.717) is 0 Å². The number of benzene rings is 2. The van der Waals surface area contributed by atoms with Gasteiger partial charge in [0.2, 0.25) is 0 Å². The lowest BCUT2D eigenvalue weighted by atomic mass is 10.1. The average Bonchev–Trinajstić information content (AvgIpc) is 2.62. The number of rotatable bonds is 2. The van der Waals surface area contributed by atoms with Crippen LogP contribution < -0.4 is 10.2 Å². The number of hydrogen-bond acceptors (Lipinski definition) is 4. The lowest BCUT2D eigenvalue weighted by Crippen LogP contribution is -2.43. The molecule has 5 heteroatoms. The topological polar surface area (TPSA) is 41.1 Å². The molecule has 1 saturated heterocycles. The summed E-state index contributed by atoms with van der Waals surface area (Å²) in [6.45, 7) is 4.15. The number of nitrogens with zero attached hydrogens (tertiary/aromatic N) is 3. The molecule has 116 valence electrons. The fraction of sp³-hybridized carbons (Fsp3) is 0.222. The van der Waals surface area contributed by atoms with Crippen LogP contribution in [0, 0.1) is 0 Å². The second kappa shape index (κ2) is 6.26. The van der Waals surface area contributed by atoms with Crippen LogP contribution in [0.1, 0.15) is 0 Å². The van der Waals surface area contributed by atoms with Crippen molar-refractivity contribution in [2.75, 3.05) is 31.1 Å². The zero-order valence-electron chi connectivity index (χ0n) is 12.7. The van der Waals surface area contributed by atoms with Gasteiger partial charge in [0.25, 0.3) is 0 Å². The summed E-state index contributed by atoms with van der Waals surface area (Å²) in [6.07, 6.45) is 1.64. The van der Waals surface area contributed by atoms with Crippen molar-refractivity contribution in [3.05, 3.63) is 53.3 Å². The van der Waals surface area contributed by atoms with E-state index in [-0.39, 0.29) is 0 Å². The van der Waals surface area contributed by atoms with Crippen molar-refractivity contribution in [1.82, 2.24) is 15.3 Å². The highest BCUT2D eigenvalue weighted by molar-refractivity contribution is 9.10. The highest BCUT2D eigenvalue weighted by Gasteiger charge is 2.12. The van der Waals surface area contributed by atoms with Crippen LogP contribution in [-0.2, 0) is 0 Å². The molecule has 23 heavy (non-hydrogen) atoms. The number of hydrogen-bond donors (Lipinski definition) is 1. The van der Waals surface area contributed by atoms with Crippen LogP contribution in [0.5, 0.6) is 0 Å². The Hall–Kier alpha value is -1.98. The van der Waals surface area contributed by atoms with Gasteiger partial charge in [-0.3, -0.25) is 0 Å². The molecule has 1 aliphatic heterocycles. The summed E-state index contributed by atoms with van der Waals surface area (Å²) in [6, 6.07) is 14.7. The third-order valence-corrected chi connectivity index (χ3v) is 4.69. The Labute approximate surface area is 143 Å². The molecule has 3 aromatic rings. The van der Waals surface area contributed by atoms with Gasteiger partial charge in [0.15, 0.2) is 0 Å². The van der Waals surface area contributed by atoms with Crippen LogP contribution in [0.3, 0.4) is 0 Å². The molecule has 0 amide bonds. The number of anilines is 1. The molecule has 0 aliphatic carbocycles. The molecule has 4 nitrogen and oxygen atoms in total. The van der Waals surface area contributed by atoms with E-state index < -0.39 is 0 Å². The minimum absolute atomic E-state index is 0.964. The lowest BCUT2D eigenvalue weighted by molar-refractivity contribution is 0.589. The fourth-order valence-corrected chi connectivity index (χ4v) is 3.39. The van der Waals surface area contributed by atoms with Crippen molar-refractivity contribution in [2.45, 2.75) is 0 Å². The summed E-state index contributed by atoms with van der Waals surface area (Å²) in [5.74, 6) is 0. The molecule has 0 saturated carbocycles. The maximum atomic E-state index is 4.54. The van der Waals surface area contributed by atoms with Crippen molar-refractivity contribution in [2.24, 2.45) is 0 Å². The summed E-state index contributed by atoms with van der Waals surface area (Å²) in [7, 11) is 0. The van der Waals surface area contributed by atoms with Crippen LogP contribution >= 0.6 is 15.9 Å². The first-order valence-corrected chi connectivity index (χ1v) is 8.57. The van der Waals surface area contributed by atoms with Gasteiger partial charge in [0.1, 0.15) is 6.33 Å². The second-order valence-corrected chi connectivity index (χ2v) is 6.59. The Morgan fingerprint density at radius 1 is 1.00 bits per heavy atom. The van der Waals surface area contributed by atoms with E-state index in [2.05, 4.69) is 66.4 Å². The van der Waals surface area contributed by atoms with Crippen molar-refractivity contribution in [1.29, 1.82) is 0 Å². The normalized spacial score (nSPS) is 15.1. The van der Waals surface area contributed by atoms with Crippen molar-refractivity contribution < 1.29 is 0 Å².